The predicted molar refractivity (Wildman–Crippen MR) is 111 cm³/mol. The van der Waals surface area contributed by atoms with Crippen molar-refractivity contribution in [3.8, 4) is 28.7 Å². The van der Waals surface area contributed by atoms with Gasteiger partial charge in [0.15, 0.2) is 29.6 Å². The molecular formula is C21H22N2O9. The SMILES string of the molecule is COc1cc(NC(=O)COC(=O)CNC(=O)c2ccc3c(c2)OCO3)cc(OC)c1OC. The second-order valence-electron chi connectivity index (χ2n) is 6.37. The van der Waals surface area contributed by atoms with Crippen molar-refractivity contribution in [3.63, 3.8) is 0 Å². The second-order valence-corrected chi connectivity index (χ2v) is 6.37. The molecule has 0 radical (unpaired) electrons. The molecule has 2 aromatic carbocycles. The minimum atomic E-state index is -0.779. The molecule has 3 rings (SSSR count). The summed E-state index contributed by atoms with van der Waals surface area (Å²) in [4.78, 5) is 36.2. The molecule has 11 nitrogen and oxygen atoms in total. The molecule has 2 N–H and O–H groups in total. The molecular weight excluding hydrogens is 424 g/mol. The summed E-state index contributed by atoms with van der Waals surface area (Å²) in [6.07, 6.45) is 0. The van der Waals surface area contributed by atoms with Crippen LogP contribution in [-0.2, 0) is 14.3 Å². The number of methoxy groups -OCH3 is 3. The summed E-state index contributed by atoms with van der Waals surface area (Å²) < 4.78 is 30.9. The number of hydrogen-bond acceptors (Lipinski definition) is 9. The molecule has 32 heavy (non-hydrogen) atoms. The molecule has 170 valence electrons. The molecule has 0 saturated carbocycles. The van der Waals surface area contributed by atoms with Crippen molar-refractivity contribution in [2.45, 2.75) is 0 Å². The molecule has 11 heteroatoms. The maximum Gasteiger partial charge on any atom is 0.325 e. The molecule has 2 amide bonds. The van der Waals surface area contributed by atoms with Crippen LogP contribution in [0.25, 0.3) is 0 Å². The summed E-state index contributed by atoms with van der Waals surface area (Å²) >= 11 is 0. The lowest BCUT2D eigenvalue weighted by atomic mass is 10.2. The quantitative estimate of drug-likeness (QED) is 0.548. The number of anilines is 1. The lowest BCUT2D eigenvalue weighted by molar-refractivity contribution is -0.146. The number of esters is 1. The van der Waals surface area contributed by atoms with Crippen LogP contribution in [0.1, 0.15) is 10.4 Å². The first-order valence-electron chi connectivity index (χ1n) is 9.38. The van der Waals surface area contributed by atoms with Crippen LogP contribution in [0, 0.1) is 0 Å². The summed E-state index contributed by atoms with van der Waals surface area (Å²) in [5, 5.41) is 4.99. The Morgan fingerprint density at radius 2 is 1.62 bits per heavy atom. The van der Waals surface area contributed by atoms with E-state index in [1.807, 2.05) is 0 Å². The lowest BCUT2D eigenvalue weighted by Gasteiger charge is -2.14. The van der Waals surface area contributed by atoms with E-state index in [0.717, 1.165) is 0 Å². The van der Waals surface area contributed by atoms with Gasteiger partial charge in [0, 0.05) is 23.4 Å². The number of fused-ring (bicyclic) bond motifs is 1. The van der Waals surface area contributed by atoms with E-state index in [9.17, 15) is 14.4 Å². The molecule has 0 saturated heterocycles. The largest absolute Gasteiger partial charge is 0.493 e. The fourth-order valence-corrected chi connectivity index (χ4v) is 2.84. The van der Waals surface area contributed by atoms with Crippen LogP contribution < -0.4 is 34.3 Å². The van der Waals surface area contributed by atoms with Crippen LogP contribution in [-0.4, -0.2) is 59.1 Å². The van der Waals surface area contributed by atoms with Gasteiger partial charge in [-0.15, -0.1) is 0 Å². The maximum absolute atomic E-state index is 12.2. The van der Waals surface area contributed by atoms with E-state index < -0.39 is 30.9 Å². The third-order valence-electron chi connectivity index (χ3n) is 4.34. The van der Waals surface area contributed by atoms with Crippen molar-refractivity contribution in [1.29, 1.82) is 0 Å². The average Bonchev–Trinajstić information content (AvgIpc) is 3.28. The van der Waals surface area contributed by atoms with Gasteiger partial charge < -0.3 is 39.1 Å². The molecule has 0 atom stereocenters. The fraction of sp³-hybridized carbons (Fsp3) is 0.286. The first-order valence-corrected chi connectivity index (χ1v) is 9.38. The lowest BCUT2D eigenvalue weighted by Crippen LogP contribution is -2.32. The van der Waals surface area contributed by atoms with E-state index >= 15 is 0 Å². The molecule has 0 aromatic heterocycles. The zero-order valence-electron chi connectivity index (χ0n) is 17.7. The van der Waals surface area contributed by atoms with Crippen LogP contribution in [0.3, 0.4) is 0 Å². The van der Waals surface area contributed by atoms with E-state index in [1.54, 1.807) is 12.1 Å². The monoisotopic (exact) mass is 446 g/mol. The first-order chi connectivity index (χ1) is 15.4. The zero-order chi connectivity index (χ0) is 23.1. The Bertz CT molecular complexity index is 997. The Balaban J connectivity index is 1.47. The number of carbonyl (C=O) groups excluding carboxylic acids is 3. The predicted octanol–water partition coefficient (Wildman–Crippen LogP) is 1.35. The zero-order valence-corrected chi connectivity index (χ0v) is 17.7. The highest BCUT2D eigenvalue weighted by atomic mass is 16.7. The van der Waals surface area contributed by atoms with E-state index in [0.29, 0.717) is 40.0 Å². The summed E-state index contributed by atoms with van der Waals surface area (Å²) in [5.74, 6) is 0.201. The minimum absolute atomic E-state index is 0.0882. The maximum atomic E-state index is 12.2. The number of amides is 2. The van der Waals surface area contributed by atoms with E-state index in [1.165, 1.54) is 39.5 Å². The second kappa shape index (κ2) is 10.2. The van der Waals surface area contributed by atoms with Gasteiger partial charge in [0.25, 0.3) is 11.8 Å². The van der Waals surface area contributed by atoms with Crippen LogP contribution in [0.5, 0.6) is 28.7 Å². The Hall–Kier alpha value is -4.15. The van der Waals surface area contributed by atoms with Crippen molar-refractivity contribution in [1.82, 2.24) is 5.32 Å². The number of ether oxygens (including phenoxy) is 6. The van der Waals surface area contributed by atoms with Gasteiger partial charge in [-0.1, -0.05) is 0 Å². The number of nitrogens with one attached hydrogen (secondary N) is 2. The Morgan fingerprint density at radius 1 is 0.938 bits per heavy atom. The van der Waals surface area contributed by atoms with Crippen LogP contribution in [0.15, 0.2) is 30.3 Å². The van der Waals surface area contributed by atoms with Gasteiger partial charge in [0.2, 0.25) is 12.5 Å². The molecule has 0 aliphatic carbocycles. The van der Waals surface area contributed by atoms with Gasteiger partial charge in [-0.05, 0) is 18.2 Å². The summed E-state index contributed by atoms with van der Waals surface area (Å²) in [7, 11) is 4.36. The summed E-state index contributed by atoms with van der Waals surface area (Å²) in [5.41, 5.74) is 0.652. The number of carbonyl (C=O) groups is 3. The Morgan fingerprint density at radius 3 is 2.28 bits per heavy atom. The third kappa shape index (κ3) is 5.31. The topological polar surface area (TPSA) is 131 Å². The first kappa shape index (κ1) is 22.5. The molecule has 0 fully saturated rings. The highest BCUT2D eigenvalue weighted by molar-refractivity contribution is 5.97. The molecule has 1 aliphatic heterocycles. The third-order valence-corrected chi connectivity index (χ3v) is 4.34. The van der Waals surface area contributed by atoms with Crippen LogP contribution in [0.2, 0.25) is 0 Å². The van der Waals surface area contributed by atoms with Crippen molar-refractivity contribution < 1.29 is 42.8 Å². The number of benzene rings is 2. The molecule has 0 spiro atoms. The minimum Gasteiger partial charge on any atom is -0.493 e. The van der Waals surface area contributed by atoms with Crippen molar-refractivity contribution in [2.75, 3.05) is 46.6 Å². The Labute approximate surface area is 183 Å². The fourth-order valence-electron chi connectivity index (χ4n) is 2.84. The van der Waals surface area contributed by atoms with Gasteiger partial charge >= 0.3 is 5.97 Å². The van der Waals surface area contributed by atoms with Crippen molar-refractivity contribution in [2.24, 2.45) is 0 Å². The van der Waals surface area contributed by atoms with Crippen molar-refractivity contribution >= 4 is 23.5 Å². The standard InChI is InChI=1S/C21H22N2O9/c1-27-16-7-13(8-17(28-2)20(16)29-3)23-18(24)10-30-19(25)9-22-21(26)12-4-5-14-15(6-12)32-11-31-14/h4-8H,9-11H2,1-3H3,(H,22,26)(H,23,24). The smallest absolute Gasteiger partial charge is 0.325 e. The van der Waals surface area contributed by atoms with Gasteiger partial charge in [-0.25, -0.2) is 0 Å². The van der Waals surface area contributed by atoms with E-state index in [2.05, 4.69) is 10.6 Å². The van der Waals surface area contributed by atoms with Gasteiger partial charge in [0.1, 0.15) is 6.54 Å². The Kier molecular flexibility index (Phi) is 7.21. The molecule has 0 bridgehead atoms. The highest BCUT2D eigenvalue weighted by Crippen LogP contribution is 2.39. The normalized spacial score (nSPS) is 11.3. The van der Waals surface area contributed by atoms with Crippen molar-refractivity contribution in [3.05, 3.63) is 35.9 Å². The molecule has 0 unspecified atom stereocenters. The van der Waals surface area contributed by atoms with Gasteiger partial charge in [0.05, 0.1) is 21.3 Å². The van der Waals surface area contributed by atoms with E-state index in [4.69, 9.17) is 28.4 Å². The average molecular weight is 446 g/mol. The van der Waals surface area contributed by atoms with Crippen LogP contribution >= 0.6 is 0 Å². The summed E-state index contributed by atoms with van der Waals surface area (Å²) in [6, 6.07) is 7.72. The molecule has 1 aliphatic rings. The highest BCUT2D eigenvalue weighted by Gasteiger charge is 2.18. The van der Waals surface area contributed by atoms with Gasteiger partial charge in [-0.2, -0.15) is 0 Å². The molecule has 1 heterocycles. The van der Waals surface area contributed by atoms with Crippen LogP contribution in [0.4, 0.5) is 5.69 Å². The molecule has 2 aromatic rings. The number of hydrogen-bond donors (Lipinski definition) is 2. The summed E-state index contributed by atoms with van der Waals surface area (Å²) in [6.45, 7) is -0.870. The van der Waals surface area contributed by atoms with Gasteiger partial charge in [-0.3, -0.25) is 14.4 Å². The van der Waals surface area contributed by atoms with E-state index in [-0.39, 0.29) is 6.79 Å². The number of rotatable bonds is 9.